The molecule has 1 N–H and O–H groups in total. The van der Waals surface area contributed by atoms with Gasteiger partial charge in [0, 0.05) is 12.6 Å². The lowest BCUT2D eigenvalue weighted by Crippen LogP contribution is -2.50. The SMILES string of the molecule is COc1ccc(CN(C(=O)Cc2ccccc2C)[C@@H](C)C(=O)NC2CCCCC2)cc1. The molecule has 0 bridgehead atoms. The van der Waals surface area contributed by atoms with Crippen molar-refractivity contribution in [1.82, 2.24) is 10.2 Å². The monoisotopic (exact) mass is 422 g/mol. The summed E-state index contributed by atoms with van der Waals surface area (Å²) in [5.74, 6) is 0.652. The van der Waals surface area contributed by atoms with E-state index in [9.17, 15) is 9.59 Å². The molecule has 0 aromatic heterocycles. The van der Waals surface area contributed by atoms with Crippen LogP contribution in [0.2, 0.25) is 0 Å². The smallest absolute Gasteiger partial charge is 0.242 e. The van der Waals surface area contributed by atoms with E-state index in [1.54, 1.807) is 12.0 Å². The van der Waals surface area contributed by atoms with E-state index in [0.717, 1.165) is 48.1 Å². The van der Waals surface area contributed by atoms with Crippen molar-refractivity contribution in [3.63, 3.8) is 0 Å². The minimum Gasteiger partial charge on any atom is -0.497 e. The van der Waals surface area contributed by atoms with Crippen LogP contribution in [0.5, 0.6) is 5.75 Å². The van der Waals surface area contributed by atoms with Crippen molar-refractivity contribution in [3.8, 4) is 5.75 Å². The normalized spacial score (nSPS) is 15.2. The van der Waals surface area contributed by atoms with Gasteiger partial charge in [-0.3, -0.25) is 9.59 Å². The molecule has 2 aromatic carbocycles. The Hall–Kier alpha value is -2.82. The van der Waals surface area contributed by atoms with Gasteiger partial charge < -0.3 is 15.0 Å². The highest BCUT2D eigenvalue weighted by molar-refractivity contribution is 5.88. The van der Waals surface area contributed by atoms with Gasteiger partial charge in [-0.25, -0.2) is 0 Å². The van der Waals surface area contributed by atoms with Crippen LogP contribution >= 0.6 is 0 Å². The highest BCUT2D eigenvalue weighted by atomic mass is 16.5. The number of ether oxygens (including phenoxy) is 1. The topological polar surface area (TPSA) is 58.6 Å². The molecule has 0 aliphatic heterocycles. The molecular weight excluding hydrogens is 388 g/mol. The fraction of sp³-hybridized carbons (Fsp3) is 0.462. The molecule has 2 amide bonds. The molecule has 0 heterocycles. The minimum atomic E-state index is -0.541. The summed E-state index contributed by atoms with van der Waals surface area (Å²) < 4.78 is 5.24. The summed E-state index contributed by atoms with van der Waals surface area (Å²) in [7, 11) is 1.63. The number of carbonyl (C=O) groups is 2. The van der Waals surface area contributed by atoms with Crippen LogP contribution in [0.4, 0.5) is 0 Å². The third-order valence-electron chi connectivity index (χ3n) is 6.23. The van der Waals surface area contributed by atoms with Crippen molar-refractivity contribution in [2.24, 2.45) is 0 Å². The molecule has 3 rings (SSSR count). The minimum absolute atomic E-state index is 0.0450. The van der Waals surface area contributed by atoms with Crippen molar-refractivity contribution in [2.75, 3.05) is 7.11 Å². The van der Waals surface area contributed by atoms with Gasteiger partial charge in [-0.2, -0.15) is 0 Å². The van der Waals surface area contributed by atoms with Crippen LogP contribution in [-0.2, 0) is 22.6 Å². The van der Waals surface area contributed by atoms with Gasteiger partial charge >= 0.3 is 0 Å². The van der Waals surface area contributed by atoms with Crippen LogP contribution < -0.4 is 10.1 Å². The number of carbonyl (C=O) groups excluding carboxylic acids is 2. The lowest BCUT2D eigenvalue weighted by Gasteiger charge is -2.31. The Morgan fingerprint density at radius 2 is 1.74 bits per heavy atom. The van der Waals surface area contributed by atoms with Crippen LogP contribution in [0.1, 0.15) is 55.7 Å². The van der Waals surface area contributed by atoms with E-state index in [4.69, 9.17) is 4.74 Å². The van der Waals surface area contributed by atoms with E-state index in [2.05, 4.69) is 5.32 Å². The predicted octanol–water partition coefficient (Wildman–Crippen LogP) is 4.41. The summed E-state index contributed by atoms with van der Waals surface area (Å²) >= 11 is 0. The quantitative estimate of drug-likeness (QED) is 0.685. The van der Waals surface area contributed by atoms with E-state index in [0.29, 0.717) is 6.54 Å². The van der Waals surface area contributed by atoms with Gasteiger partial charge in [0.05, 0.1) is 13.5 Å². The molecule has 1 saturated carbocycles. The Bertz CT molecular complexity index is 872. The Morgan fingerprint density at radius 3 is 2.39 bits per heavy atom. The molecule has 0 unspecified atom stereocenters. The summed E-state index contributed by atoms with van der Waals surface area (Å²) in [6.07, 6.45) is 5.87. The Kier molecular flexibility index (Phi) is 8.10. The van der Waals surface area contributed by atoms with Crippen molar-refractivity contribution in [3.05, 3.63) is 65.2 Å². The van der Waals surface area contributed by atoms with Gasteiger partial charge in [-0.1, -0.05) is 55.7 Å². The van der Waals surface area contributed by atoms with Crippen molar-refractivity contribution in [2.45, 2.75) is 71.0 Å². The first-order valence-electron chi connectivity index (χ1n) is 11.2. The third kappa shape index (κ3) is 6.33. The summed E-state index contributed by atoms with van der Waals surface area (Å²) in [5, 5.41) is 3.18. The summed E-state index contributed by atoms with van der Waals surface area (Å²) in [4.78, 5) is 28.1. The van der Waals surface area contributed by atoms with Crippen LogP contribution in [0.15, 0.2) is 48.5 Å². The molecule has 0 saturated heterocycles. The molecule has 166 valence electrons. The van der Waals surface area contributed by atoms with Gasteiger partial charge in [0.2, 0.25) is 11.8 Å². The molecule has 5 nitrogen and oxygen atoms in total. The number of methoxy groups -OCH3 is 1. The average molecular weight is 423 g/mol. The number of hydrogen-bond donors (Lipinski definition) is 1. The third-order valence-corrected chi connectivity index (χ3v) is 6.23. The number of hydrogen-bond acceptors (Lipinski definition) is 3. The number of nitrogens with one attached hydrogen (secondary N) is 1. The fourth-order valence-electron chi connectivity index (χ4n) is 4.15. The van der Waals surface area contributed by atoms with Gasteiger partial charge in [0.25, 0.3) is 0 Å². The van der Waals surface area contributed by atoms with Crippen LogP contribution in [-0.4, -0.2) is 35.9 Å². The zero-order chi connectivity index (χ0) is 22.2. The van der Waals surface area contributed by atoms with E-state index in [1.807, 2.05) is 62.4 Å². The zero-order valence-corrected chi connectivity index (χ0v) is 18.9. The second kappa shape index (κ2) is 11.0. The average Bonchev–Trinajstić information content (AvgIpc) is 2.79. The largest absolute Gasteiger partial charge is 0.497 e. The van der Waals surface area contributed by atoms with Gasteiger partial charge in [-0.15, -0.1) is 0 Å². The lowest BCUT2D eigenvalue weighted by molar-refractivity contribution is -0.140. The van der Waals surface area contributed by atoms with Crippen LogP contribution in [0.3, 0.4) is 0 Å². The van der Waals surface area contributed by atoms with E-state index >= 15 is 0 Å². The van der Waals surface area contributed by atoms with E-state index in [-0.39, 0.29) is 24.3 Å². The highest BCUT2D eigenvalue weighted by Gasteiger charge is 2.28. The molecule has 0 spiro atoms. The number of rotatable bonds is 8. The number of aryl methyl sites for hydroxylation is 1. The number of amides is 2. The maximum Gasteiger partial charge on any atom is 0.242 e. The molecule has 1 atom stereocenters. The van der Waals surface area contributed by atoms with E-state index in [1.165, 1.54) is 6.42 Å². The van der Waals surface area contributed by atoms with Crippen molar-refractivity contribution >= 4 is 11.8 Å². The molecule has 1 aliphatic rings. The highest BCUT2D eigenvalue weighted by Crippen LogP contribution is 2.20. The number of nitrogens with zero attached hydrogens (tertiary/aromatic N) is 1. The molecule has 1 aliphatic carbocycles. The maximum atomic E-state index is 13.4. The number of benzene rings is 2. The molecule has 1 fully saturated rings. The fourth-order valence-corrected chi connectivity index (χ4v) is 4.15. The lowest BCUT2D eigenvalue weighted by atomic mass is 9.95. The molecule has 2 aromatic rings. The van der Waals surface area contributed by atoms with Gasteiger partial charge in [0.1, 0.15) is 11.8 Å². The van der Waals surface area contributed by atoms with E-state index < -0.39 is 6.04 Å². The molecule has 5 heteroatoms. The van der Waals surface area contributed by atoms with Crippen LogP contribution in [0.25, 0.3) is 0 Å². The van der Waals surface area contributed by atoms with Gasteiger partial charge in [-0.05, 0) is 55.5 Å². The first kappa shape index (κ1) is 22.9. The maximum absolute atomic E-state index is 13.4. The van der Waals surface area contributed by atoms with Crippen molar-refractivity contribution in [1.29, 1.82) is 0 Å². The Labute approximate surface area is 185 Å². The first-order chi connectivity index (χ1) is 15.0. The van der Waals surface area contributed by atoms with Crippen molar-refractivity contribution < 1.29 is 14.3 Å². The Morgan fingerprint density at radius 1 is 1.06 bits per heavy atom. The second-order valence-corrected chi connectivity index (χ2v) is 8.49. The summed E-state index contributed by atoms with van der Waals surface area (Å²) in [5.41, 5.74) is 3.04. The Balaban J connectivity index is 1.76. The predicted molar refractivity (Wildman–Crippen MR) is 123 cm³/mol. The molecule has 0 radical (unpaired) electrons. The first-order valence-corrected chi connectivity index (χ1v) is 11.2. The standard InChI is InChI=1S/C26H34N2O3/c1-19-9-7-8-10-22(19)17-25(29)28(18-21-13-15-24(31-3)16-14-21)20(2)26(30)27-23-11-5-4-6-12-23/h7-10,13-16,20,23H,4-6,11-12,17-18H2,1-3H3,(H,27,30)/t20-/m0/s1. The van der Waals surface area contributed by atoms with Gasteiger partial charge in [0.15, 0.2) is 0 Å². The molecular formula is C26H34N2O3. The zero-order valence-electron chi connectivity index (χ0n) is 18.9. The summed E-state index contributed by atoms with van der Waals surface area (Å²) in [6, 6.07) is 15.2. The second-order valence-electron chi connectivity index (χ2n) is 8.49. The van der Waals surface area contributed by atoms with Crippen LogP contribution in [0, 0.1) is 6.92 Å². The molecule has 31 heavy (non-hydrogen) atoms. The summed E-state index contributed by atoms with van der Waals surface area (Å²) in [6.45, 7) is 4.22.